The Kier molecular flexibility index (Phi) is 9.65. The van der Waals surface area contributed by atoms with Crippen LogP contribution >= 0.6 is 24.4 Å². The average molecular weight is 244 g/mol. The van der Waals surface area contributed by atoms with Gasteiger partial charge in [0.1, 0.15) is 0 Å². The van der Waals surface area contributed by atoms with Gasteiger partial charge in [0.2, 0.25) is 0 Å². The zero-order valence-corrected chi connectivity index (χ0v) is 12.0. The Labute approximate surface area is 105 Å². The SMILES string of the molecule is CCCCC#CSCC(CC)(CC)CS. The van der Waals surface area contributed by atoms with Crippen molar-refractivity contribution in [2.24, 2.45) is 5.41 Å². The summed E-state index contributed by atoms with van der Waals surface area (Å²) in [6.45, 7) is 6.71. The van der Waals surface area contributed by atoms with Gasteiger partial charge in [-0.2, -0.15) is 12.6 Å². The van der Waals surface area contributed by atoms with E-state index in [1.165, 1.54) is 25.7 Å². The van der Waals surface area contributed by atoms with Crippen LogP contribution in [0.3, 0.4) is 0 Å². The van der Waals surface area contributed by atoms with Gasteiger partial charge in [0.05, 0.1) is 0 Å². The van der Waals surface area contributed by atoms with E-state index in [0.717, 1.165) is 17.9 Å². The lowest BCUT2D eigenvalue weighted by atomic mass is 9.87. The van der Waals surface area contributed by atoms with E-state index in [9.17, 15) is 0 Å². The quantitative estimate of drug-likeness (QED) is 0.388. The molecule has 0 N–H and O–H groups in total. The molecule has 0 heterocycles. The third kappa shape index (κ3) is 6.43. The summed E-state index contributed by atoms with van der Waals surface area (Å²) >= 11 is 6.23. The molecule has 0 spiro atoms. The molecule has 0 rings (SSSR count). The molecular weight excluding hydrogens is 220 g/mol. The summed E-state index contributed by atoms with van der Waals surface area (Å²) in [7, 11) is 0. The second-order valence-electron chi connectivity index (χ2n) is 4.04. The summed E-state index contributed by atoms with van der Waals surface area (Å²) in [5.41, 5.74) is 0.396. The molecule has 0 radical (unpaired) electrons. The van der Waals surface area contributed by atoms with E-state index in [4.69, 9.17) is 0 Å². The Bertz CT molecular complexity index is 188. The first-order valence-corrected chi connectivity index (χ1v) is 7.57. The number of unbranched alkanes of at least 4 members (excludes halogenated alkanes) is 2. The van der Waals surface area contributed by atoms with Gasteiger partial charge in [-0.25, -0.2) is 0 Å². The maximum absolute atomic E-state index is 4.46. The Morgan fingerprint density at radius 3 is 2.33 bits per heavy atom. The highest BCUT2D eigenvalue weighted by Crippen LogP contribution is 2.31. The lowest BCUT2D eigenvalue weighted by Crippen LogP contribution is -2.23. The molecule has 0 aromatic heterocycles. The summed E-state index contributed by atoms with van der Waals surface area (Å²) in [6.07, 6.45) is 5.93. The number of thiol groups is 1. The van der Waals surface area contributed by atoms with Crippen LogP contribution in [0.5, 0.6) is 0 Å². The molecule has 0 amide bonds. The monoisotopic (exact) mass is 244 g/mol. The van der Waals surface area contributed by atoms with E-state index in [1.807, 2.05) is 0 Å². The lowest BCUT2D eigenvalue weighted by Gasteiger charge is -2.28. The second kappa shape index (κ2) is 9.48. The van der Waals surface area contributed by atoms with Gasteiger partial charge in [-0.05, 0) is 35.7 Å². The predicted octanol–water partition coefficient (Wildman–Crippen LogP) is 4.61. The van der Waals surface area contributed by atoms with Crippen molar-refractivity contribution in [3.05, 3.63) is 0 Å². The molecule has 0 aliphatic carbocycles. The van der Waals surface area contributed by atoms with Gasteiger partial charge in [-0.15, -0.1) is 0 Å². The van der Waals surface area contributed by atoms with Crippen molar-refractivity contribution < 1.29 is 0 Å². The van der Waals surface area contributed by atoms with Crippen LogP contribution in [-0.2, 0) is 0 Å². The van der Waals surface area contributed by atoms with E-state index in [0.29, 0.717) is 5.41 Å². The highest BCUT2D eigenvalue weighted by molar-refractivity contribution is 8.03. The third-order valence-corrected chi connectivity index (χ3v) is 4.73. The molecule has 15 heavy (non-hydrogen) atoms. The minimum atomic E-state index is 0.396. The fraction of sp³-hybridized carbons (Fsp3) is 0.846. The normalized spacial score (nSPS) is 10.9. The summed E-state index contributed by atoms with van der Waals surface area (Å²) in [5, 5.41) is 3.21. The maximum atomic E-state index is 4.46. The summed E-state index contributed by atoms with van der Waals surface area (Å²) in [4.78, 5) is 0. The molecule has 0 atom stereocenters. The minimum absolute atomic E-state index is 0.396. The van der Waals surface area contributed by atoms with Crippen LogP contribution in [0, 0.1) is 16.6 Å². The van der Waals surface area contributed by atoms with Crippen LogP contribution in [0.25, 0.3) is 0 Å². The van der Waals surface area contributed by atoms with Gasteiger partial charge in [0.25, 0.3) is 0 Å². The predicted molar refractivity (Wildman–Crippen MR) is 76.6 cm³/mol. The summed E-state index contributed by atoms with van der Waals surface area (Å²) in [6, 6.07) is 0. The maximum Gasteiger partial charge on any atom is 0.0121 e. The van der Waals surface area contributed by atoms with Crippen LogP contribution in [0.4, 0.5) is 0 Å². The Morgan fingerprint density at radius 1 is 1.20 bits per heavy atom. The van der Waals surface area contributed by atoms with Crippen molar-refractivity contribution in [3.8, 4) is 11.2 Å². The Hall–Kier alpha value is 0.260. The van der Waals surface area contributed by atoms with Gasteiger partial charge < -0.3 is 0 Å². The molecule has 0 aromatic carbocycles. The Morgan fingerprint density at radius 2 is 1.87 bits per heavy atom. The van der Waals surface area contributed by atoms with Gasteiger partial charge in [0.15, 0.2) is 0 Å². The first kappa shape index (κ1) is 15.3. The molecule has 0 aromatic rings. The molecule has 88 valence electrons. The molecule has 0 aliphatic heterocycles. The zero-order valence-electron chi connectivity index (χ0n) is 10.3. The first-order chi connectivity index (χ1) is 7.24. The van der Waals surface area contributed by atoms with Crippen molar-refractivity contribution >= 4 is 24.4 Å². The fourth-order valence-electron chi connectivity index (χ4n) is 1.28. The van der Waals surface area contributed by atoms with E-state index in [2.05, 4.69) is 44.6 Å². The van der Waals surface area contributed by atoms with Crippen molar-refractivity contribution in [1.29, 1.82) is 0 Å². The third-order valence-electron chi connectivity index (χ3n) is 3.01. The van der Waals surface area contributed by atoms with E-state index < -0.39 is 0 Å². The minimum Gasteiger partial charge on any atom is -0.179 e. The average Bonchev–Trinajstić information content (AvgIpc) is 2.29. The lowest BCUT2D eigenvalue weighted by molar-refractivity contribution is 0.358. The van der Waals surface area contributed by atoms with Crippen molar-refractivity contribution in [2.45, 2.75) is 52.9 Å². The number of rotatable bonds is 7. The highest BCUT2D eigenvalue weighted by Gasteiger charge is 2.23. The first-order valence-electron chi connectivity index (χ1n) is 5.95. The molecule has 0 fully saturated rings. The van der Waals surface area contributed by atoms with Gasteiger partial charge in [-0.3, -0.25) is 0 Å². The molecule has 0 nitrogen and oxygen atoms in total. The van der Waals surface area contributed by atoms with Crippen LogP contribution in [-0.4, -0.2) is 11.5 Å². The topological polar surface area (TPSA) is 0 Å². The van der Waals surface area contributed by atoms with Crippen molar-refractivity contribution in [3.63, 3.8) is 0 Å². The molecule has 0 bridgehead atoms. The molecule has 0 saturated carbocycles. The van der Waals surface area contributed by atoms with Crippen LogP contribution in [0.15, 0.2) is 0 Å². The van der Waals surface area contributed by atoms with E-state index in [1.54, 1.807) is 11.8 Å². The van der Waals surface area contributed by atoms with Gasteiger partial charge in [0, 0.05) is 12.2 Å². The molecule has 0 aliphatic rings. The van der Waals surface area contributed by atoms with Gasteiger partial charge in [-0.1, -0.05) is 44.9 Å². The second-order valence-corrected chi connectivity index (χ2v) is 5.13. The van der Waals surface area contributed by atoms with Crippen LogP contribution in [0.2, 0.25) is 0 Å². The number of thioether (sulfide) groups is 1. The Balaban J connectivity index is 3.83. The standard InChI is InChI=1S/C13H24S2/c1-4-7-8-9-10-15-12-13(5-2,6-3)11-14/h14H,4-8,11-12H2,1-3H3. The largest absolute Gasteiger partial charge is 0.179 e. The molecular formula is C13H24S2. The zero-order chi connectivity index (χ0) is 11.6. The number of hydrogen-bond donors (Lipinski definition) is 1. The fourth-order valence-corrected chi connectivity index (χ4v) is 3.08. The van der Waals surface area contributed by atoms with E-state index in [-0.39, 0.29) is 0 Å². The van der Waals surface area contributed by atoms with Crippen LogP contribution in [0.1, 0.15) is 52.9 Å². The van der Waals surface area contributed by atoms with Gasteiger partial charge >= 0.3 is 0 Å². The van der Waals surface area contributed by atoms with Crippen LogP contribution < -0.4 is 0 Å². The summed E-state index contributed by atoms with van der Waals surface area (Å²) in [5.74, 6) is 5.32. The van der Waals surface area contributed by atoms with Crippen molar-refractivity contribution in [1.82, 2.24) is 0 Å². The molecule has 2 heteroatoms. The number of hydrogen-bond acceptors (Lipinski definition) is 2. The smallest absolute Gasteiger partial charge is 0.0121 e. The summed E-state index contributed by atoms with van der Waals surface area (Å²) < 4.78 is 0. The molecule has 0 saturated heterocycles. The van der Waals surface area contributed by atoms with Crippen molar-refractivity contribution in [2.75, 3.05) is 11.5 Å². The molecule has 0 unspecified atom stereocenters. The van der Waals surface area contributed by atoms with E-state index >= 15 is 0 Å². The highest BCUT2D eigenvalue weighted by atomic mass is 32.2.